The van der Waals surface area contributed by atoms with Gasteiger partial charge in [-0.05, 0) is 58.7 Å². The highest BCUT2D eigenvalue weighted by Gasteiger charge is 2.29. The van der Waals surface area contributed by atoms with Gasteiger partial charge in [0.25, 0.3) is 5.91 Å². The number of carbonyl (C=O) groups excluding carboxylic acids is 3. The maximum absolute atomic E-state index is 13.2. The Morgan fingerprint density at radius 3 is 2.55 bits per heavy atom. The van der Waals surface area contributed by atoms with Crippen molar-refractivity contribution in [3.05, 3.63) is 51.3 Å². The molecule has 0 aromatic carbocycles. The van der Waals surface area contributed by atoms with E-state index in [4.69, 9.17) is 9.47 Å². The summed E-state index contributed by atoms with van der Waals surface area (Å²) in [6.45, 7) is 10.6. The Kier molecular flexibility index (Phi) is 6.45. The van der Waals surface area contributed by atoms with Gasteiger partial charge < -0.3 is 14.8 Å². The molecular formula is C22H25N3O5S. The Morgan fingerprint density at radius 1 is 1.19 bits per heavy atom. The Bertz CT molecular complexity index is 1180. The van der Waals surface area contributed by atoms with E-state index < -0.39 is 17.8 Å². The number of thiophene rings is 1. The molecule has 3 heterocycles. The maximum Gasteiger partial charge on any atom is 0.348 e. The molecule has 31 heavy (non-hydrogen) atoms. The lowest BCUT2D eigenvalue weighted by Gasteiger charge is -2.08. The summed E-state index contributed by atoms with van der Waals surface area (Å²) < 4.78 is 12.1. The quantitative estimate of drug-likeness (QED) is 0.570. The lowest BCUT2D eigenvalue weighted by atomic mass is 10.1. The number of amides is 1. The number of ether oxygens (including phenoxy) is 2. The molecule has 0 fully saturated rings. The first-order chi connectivity index (χ1) is 14.6. The third-order valence-electron chi connectivity index (χ3n) is 4.62. The SMILES string of the molecule is CCOC(=O)c1c(NC(=O)c2c(C)nc3c(C)cccn23)sc(C(=O)OC(C)C)c1C. The largest absolute Gasteiger partial charge is 0.462 e. The van der Waals surface area contributed by atoms with E-state index in [1.807, 2.05) is 19.1 Å². The molecule has 1 N–H and O–H groups in total. The number of imidazole rings is 1. The van der Waals surface area contributed by atoms with E-state index in [0.717, 1.165) is 16.9 Å². The number of anilines is 1. The van der Waals surface area contributed by atoms with Crippen LogP contribution in [0.1, 0.15) is 68.1 Å². The molecule has 1 amide bonds. The molecule has 0 unspecified atom stereocenters. The lowest BCUT2D eigenvalue weighted by Crippen LogP contribution is -2.17. The first-order valence-electron chi connectivity index (χ1n) is 9.92. The van der Waals surface area contributed by atoms with Gasteiger partial charge in [-0.15, -0.1) is 11.3 Å². The van der Waals surface area contributed by atoms with Gasteiger partial charge in [-0.1, -0.05) is 6.07 Å². The summed E-state index contributed by atoms with van der Waals surface area (Å²) in [7, 11) is 0. The highest BCUT2D eigenvalue weighted by Crippen LogP contribution is 2.35. The summed E-state index contributed by atoms with van der Waals surface area (Å²) >= 11 is 0.993. The van der Waals surface area contributed by atoms with Gasteiger partial charge in [-0.25, -0.2) is 14.6 Å². The number of esters is 2. The number of aryl methyl sites for hydroxylation is 2. The number of hydrogen-bond acceptors (Lipinski definition) is 7. The van der Waals surface area contributed by atoms with Crippen LogP contribution in [0.15, 0.2) is 18.3 Å². The minimum absolute atomic E-state index is 0.151. The van der Waals surface area contributed by atoms with E-state index >= 15 is 0 Å². The number of hydrogen-bond donors (Lipinski definition) is 1. The van der Waals surface area contributed by atoms with Crippen LogP contribution in [0, 0.1) is 20.8 Å². The molecule has 0 bridgehead atoms. The minimum Gasteiger partial charge on any atom is -0.462 e. The second-order valence-electron chi connectivity index (χ2n) is 7.32. The van der Waals surface area contributed by atoms with Gasteiger partial charge in [-0.2, -0.15) is 0 Å². The van der Waals surface area contributed by atoms with Crippen LogP contribution in [0.4, 0.5) is 5.00 Å². The Morgan fingerprint density at radius 2 is 1.90 bits per heavy atom. The third kappa shape index (κ3) is 4.32. The van der Waals surface area contributed by atoms with Crippen molar-refractivity contribution in [3.8, 4) is 0 Å². The number of nitrogens with zero attached hydrogens (tertiary/aromatic N) is 2. The third-order valence-corrected chi connectivity index (χ3v) is 5.80. The second kappa shape index (κ2) is 8.89. The molecule has 3 aromatic heterocycles. The van der Waals surface area contributed by atoms with Crippen LogP contribution >= 0.6 is 11.3 Å². The summed E-state index contributed by atoms with van der Waals surface area (Å²) in [6.07, 6.45) is 1.44. The molecule has 0 radical (unpaired) electrons. The van der Waals surface area contributed by atoms with Crippen LogP contribution in [0.3, 0.4) is 0 Å². The molecule has 0 spiro atoms. The van der Waals surface area contributed by atoms with Crippen molar-refractivity contribution in [2.45, 2.75) is 47.6 Å². The van der Waals surface area contributed by atoms with Crippen LogP contribution < -0.4 is 5.32 Å². The molecule has 0 aliphatic heterocycles. The first-order valence-corrected chi connectivity index (χ1v) is 10.7. The predicted molar refractivity (Wildman–Crippen MR) is 118 cm³/mol. The van der Waals surface area contributed by atoms with Crippen LogP contribution in [-0.2, 0) is 9.47 Å². The number of fused-ring (bicyclic) bond motifs is 1. The molecule has 8 nitrogen and oxygen atoms in total. The van der Waals surface area contributed by atoms with Crippen LogP contribution in [0.25, 0.3) is 5.65 Å². The monoisotopic (exact) mass is 443 g/mol. The van der Waals surface area contributed by atoms with Crippen molar-refractivity contribution in [2.75, 3.05) is 11.9 Å². The van der Waals surface area contributed by atoms with E-state index in [-0.39, 0.29) is 28.2 Å². The average molecular weight is 444 g/mol. The molecule has 9 heteroatoms. The fraction of sp³-hybridized carbons (Fsp3) is 0.364. The van der Waals surface area contributed by atoms with Crippen molar-refractivity contribution >= 4 is 39.8 Å². The highest BCUT2D eigenvalue weighted by molar-refractivity contribution is 7.18. The molecule has 3 rings (SSSR count). The van der Waals surface area contributed by atoms with E-state index in [0.29, 0.717) is 22.6 Å². The Labute approximate surface area is 184 Å². The highest BCUT2D eigenvalue weighted by atomic mass is 32.1. The molecule has 0 aliphatic carbocycles. The maximum atomic E-state index is 13.2. The topological polar surface area (TPSA) is 99.0 Å². The summed E-state index contributed by atoms with van der Waals surface area (Å²) in [5, 5.41) is 3.02. The number of pyridine rings is 1. The van der Waals surface area contributed by atoms with E-state index in [1.54, 1.807) is 45.2 Å². The molecule has 164 valence electrons. The molecule has 3 aromatic rings. The van der Waals surface area contributed by atoms with Gasteiger partial charge in [-0.3, -0.25) is 9.20 Å². The van der Waals surface area contributed by atoms with Crippen LogP contribution in [0.2, 0.25) is 0 Å². The zero-order valence-electron chi connectivity index (χ0n) is 18.4. The van der Waals surface area contributed by atoms with Crippen LogP contribution in [0.5, 0.6) is 0 Å². The smallest absolute Gasteiger partial charge is 0.348 e. The van der Waals surface area contributed by atoms with E-state index in [2.05, 4.69) is 10.3 Å². The fourth-order valence-corrected chi connectivity index (χ4v) is 4.34. The molecule has 0 atom stereocenters. The minimum atomic E-state index is -0.610. The van der Waals surface area contributed by atoms with Gasteiger partial charge in [0.05, 0.1) is 24.0 Å². The van der Waals surface area contributed by atoms with Crippen molar-refractivity contribution in [3.63, 3.8) is 0 Å². The fourth-order valence-electron chi connectivity index (χ4n) is 3.27. The van der Waals surface area contributed by atoms with Gasteiger partial charge in [0, 0.05) is 6.20 Å². The second-order valence-corrected chi connectivity index (χ2v) is 8.34. The normalized spacial score (nSPS) is 11.1. The predicted octanol–water partition coefficient (Wildman–Crippen LogP) is 4.32. The average Bonchev–Trinajstić information content (AvgIpc) is 3.18. The molecular weight excluding hydrogens is 418 g/mol. The first kappa shape index (κ1) is 22.5. The number of carbonyl (C=O) groups is 3. The summed E-state index contributed by atoms with van der Waals surface area (Å²) in [6, 6.07) is 3.75. The van der Waals surface area contributed by atoms with Crippen LogP contribution in [-0.4, -0.2) is 39.9 Å². The van der Waals surface area contributed by atoms with Crippen molar-refractivity contribution in [1.29, 1.82) is 0 Å². The van der Waals surface area contributed by atoms with Gasteiger partial charge >= 0.3 is 11.9 Å². The number of rotatable bonds is 6. The van der Waals surface area contributed by atoms with Crippen molar-refractivity contribution in [2.24, 2.45) is 0 Å². The zero-order valence-corrected chi connectivity index (χ0v) is 19.2. The molecule has 0 aliphatic rings. The summed E-state index contributed by atoms with van der Waals surface area (Å²) in [4.78, 5) is 43.0. The standard InChI is InChI=1S/C22H25N3O5S/c1-7-29-21(27)15-13(5)17(22(28)30-11(2)3)31-20(15)24-19(26)16-14(6)23-18-12(4)9-8-10-25(16)18/h8-11H,7H2,1-6H3,(H,24,26). The van der Waals surface area contributed by atoms with Crippen molar-refractivity contribution in [1.82, 2.24) is 9.38 Å². The number of nitrogens with one attached hydrogen (secondary N) is 1. The molecule has 0 saturated carbocycles. The van der Waals surface area contributed by atoms with E-state index in [1.165, 1.54) is 0 Å². The van der Waals surface area contributed by atoms with Gasteiger partial charge in [0.2, 0.25) is 0 Å². The van der Waals surface area contributed by atoms with Gasteiger partial charge in [0.15, 0.2) is 0 Å². The summed E-state index contributed by atoms with van der Waals surface area (Å²) in [5.74, 6) is -1.60. The summed E-state index contributed by atoms with van der Waals surface area (Å²) in [5.41, 5.74) is 3.08. The Balaban J connectivity index is 2.05. The van der Waals surface area contributed by atoms with E-state index in [9.17, 15) is 14.4 Å². The lowest BCUT2D eigenvalue weighted by molar-refractivity contribution is 0.0383. The molecule has 0 saturated heterocycles. The Hall–Kier alpha value is -3.20. The zero-order chi connectivity index (χ0) is 22.9. The van der Waals surface area contributed by atoms with Crippen molar-refractivity contribution < 1.29 is 23.9 Å². The number of aromatic nitrogens is 2. The van der Waals surface area contributed by atoms with Gasteiger partial charge in [0.1, 0.15) is 21.2 Å².